The number of amides is 1. The normalized spacial score (nSPS) is 19.8. The largest absolute Gasteiger partial charge is 0.287 e. The third-order valence-corrected chi connectivity index (χ3v) is 5.00. The van der Waals surface area contributed by atoms with Gasteiger partial charge in [-0.3, -0.25) is 14.4 Å². The number of rotatable bonds is 4. The van der Waals surface area contributed by atoms with E-state index in [0.29, 0.717) is 24.2 Å². The minimum Gasteiger partial charge on any atom is -0.287 e. The Balaban J connectivity index is 1.50. The van der Waals surface area contributed by atoms with Crippen LogP contribution in [0.3, 0.4) is 0 Å². The molecular weight excluding hydrogens is 332 g/mol. The molecule has 5 nitrogen and oxygen atoms in total. The number of benzene rings is 1. The van der Waals surface area contributed by atoms with Gasteiger partial charge in [0.25, 0.3) is 0 Å². The molecule has 118 valence electrons. The predicted octanol–water partition coefficient (Wildman–Crippen LogP) is 3.31. The summed E-state index contributed by atoms with van der Waals surface area (Å²) in [6, 6.07) is 9.93. The van der Waals surface area contributed by atoms with Crippen molar-refractivity contribution in [3.63, 3.8) is 0 Å². The Morgan fingerprint density at radius 1 is 1.26 bits per heavy atom. The fraction of sp³-hybridized carbons (Fsp3) is 0.312. The Bertz CT molecular complexity index is 767. The Morgan fingerprint density at radius 3 is 2.78 bits per heavy atom. The standard InChI is InChI=1S/C16H15ClN4OS/c17-12-3-1-11(2-4-12)9-20-8-7-14(19-20)18-16-21(13-5-6-13)15(22)10-23-16/h1-4,7-8,13H,5-6,9-10H2. The number of aromatic nitrogens is 2. The van der Waals surface area contributed by atoms with Gasteiger partial charge in [-0.1, -0.05) is 35.5 Å². The number of hydrogen-bond acceptors (Lipinski definition) is 4. The molecule has 2 fully saturated rings. The average molecular weight is 347 g/mol. The van der Waals surface area contributed by atoms with E-state index in [-0.39, 0.29) is 5.91 Å². The van der Waals surface area contributed by atoms with Gasteiger partial charge in [-0.05, 0) is 30.5 Å². The Labute approximate surface area is 143 Å². The van der Waals surface area contributed by atoms with Crippen LogP contribution in [0, 0.1) is 0 Å². The van der Waals surface area contributed by atoms with Gasteiger partial charge in [0.15, 0.2) is 11.0 Å². The molecule has 1 aromatic heterocycles. The molecule has 1 aliphatic heterocycles. The molecule has 2 aliphatic rings. The van der Waals surface area contributed by atoms with Gasteiger partial charge in [0.05, 0.1) is 12.3 Å². The van der Waals surface area contributed by atoms with Gasteiger partial charge >= 0.3 is 0 Å². The molecule has 0 bridgehead atoms. The molecule has 2 heterocycles. The minimum absolute atomic E-state index is 0.164. The summed E-state index contributed by atoms with van der Waals surface area (Å²) in [7, 11) is 0. The maximum atomic E-state index is 11.9. The number of amidine groups is 1. The van der Waals surface area contributed by atoms with E-state index >= 15 is 0 Å². The molecule has 1 saturated carbocycles. The fourth-order valence-electron chi connectivity index (χ4n) is 2.52. The molecule has 0 N–H and O–H groups in total. The average Bonchev–Trinajstić information content (AvgIpc) is 3.17. The van der Waals surface area contributed by atoms with E-state index in [9.17, 15) is 4.79 Å². The van der Waals surface area contributed by atoms with Crippen molar-refractivity contribution in [1.82, 2.24) is 14.7 Å². The van der Waals surface area contributed by atoms with E-state index in [1.807, 2.05) is 46.1 Å². The van der Waals surface area contributed by atoms with Crippen LogP contribution in [-0.4, -0.2) is 37.5 Å². The van der Waals surface area contributed by atoms with Crippen LogP contribution < -0.4 is 0 Å². The van der Waals surface area contributed by atoms with Crippen LogP contribution in [0.15, 0.2) is 41.5 Å². The van der Waals surface area contributed by atoms with Crippen molar-refractivity contribution in [2.75, 3.05) is 5.75 Å². The third kappa shape index (κ3) is 3.28. The molecular formula is C16H15ClN4OS. The first-order valence-corrected chi connectivity index (χ1v) is 8.87. The van der Waals surface area contributed by atoms with Gasteiger partial charge in [0.1, 0.15) is 0 Å². The first-order chi connectivity index (χ1) is 11.2. The van der Waals surface area contributed by atoms with Gasteiger partial charge in [-0.15, -0.1) is 0 Å². The topological polar surface area (TPSA) is 50.5 Å². The highest BCUT2D eigenvalue weighted by Gasteiger charge is 2.40. The predicted molar refractivity (Wildman–Crippen MR) is 92.2 cm³/mol. The molecule has 1 amide bonds. The number of hydrogen-bond donors (Lipinski definition) is 0. The van der Waals surface area contributed by atoms with Crippen LogP contribution >= 0.6 is 23.4 Å². The monoisotopic (exact) mass is 346 g/mol. The number of nitrogens with zero attached hydrogens (tertiary/aromatic N) is 4. The molecule has 4 rings (SSSR count). The lowest BCUT2D eigenvalue weighted by Crippen LogP contribution is -2.31. The molecule has 1 saturated heterocycles. The van der Waals surface area contributed by atoms with Gasteiger partial charge in [-0.25, -0.2) is 4.99 Å². The maximum absolute atomic E-state index is 11.9. The van der Waals surface area contributed by atoms with Gasteiger partial charge < -0.3 is 0 Å². The van der Waals surface area contributed by atoms with Crippen LogP contribution in [0.25, 0.3) is 0 Å². The lowest BCUT2D eigenvalue weighted by Gasteiger charge is -2.13. The second-order valence-corrected chi connectivity index (χ2v) is 7.05. The Kier molecular flexibility index (Phi) is 3.87. The van der Waals surface area contributed by atoms with Crippen molar-refractivity contribution in [2.24, 2.45) is 4.99 Å². The highest BCUT2D eigenvalue weighted by Crippen LogP contribution is 2.34. The van der Waals surface area contributed by atoms with Crippen molar-refractivity contribution in [2.45, 2.75) is 25.4 Å². The first-order valence-electron chi connectivity index (χ1n) is 7.50. The Hall–Kier alpha value is -1.79. The number of thioether (sulfide) groups is 1. The lowest BCUT2D eigenvalue weighted by molar-refractivity contribution is -0.124. The smallest absolute Gasteiger partial charge is 0.239 e. The van der Waals surface area contributed by atoms with E-state index in [1.54, 1.807) is 0 Å². The van der Waals surface area contributed by atoms with Gasteiger partial charge in [-0.2, -0.15) is 5.10 Å². The van der Waals surface area contributed by atoms with E-state index < -0.39 is 0 Å². The Morgan fingerprint density at radius 2 is 2.04 bits per heavy atom. The molecule has 0 spiro atoms. The molecule has 0 atom stereocenters. The summed E-state index contributed by atoms with van der Waals surface area (Å²) >= 11 is 7.39. The van der Waals surface area contributed by atoms with E-state index in [2.05, 4.69) is 10.1 Å². The molecule has 1 aliphatic carbocycles. The zero-order valence-electron chi connectivity index (χ0n) is 12.4. The molecule has 2 aromatic rings. The molecule has 0 unspecified atom stereocenters. The second kappa shape index (κ2) is 6.02. The van der Waals surface area contributed by atoms with Crippen molar-refractivity contribution in [3.05, 3.63) is 47.1 Å². The number of carbonyl (C=O) groups excluding carboxylic acids is 1. The van der Waals surface area contributed by atoms with Crippen LogP contribution in [0.5, 0.6) is 0 Å². The quantitative estimate of drug-likeness (QED) is 0.853. The fourth-order valence-corrected chi connectivity index (χ4v) is 3.59. The van der Waals surface area contributed by atoms with Crippen molar-refractivity contribution in [3.8, 4) is 0 Å². The zero-order chi connectivity index (χ0) is 15.8. The highest BCUT2D eigenvalue weighted by atomic mass is 35.5. The summed E-state index contributed by atoms with van der Waals surface area (Å²) in [5.41, 5.74) is 1.13. The summed E-state index contributed by atoms with van der Waals surface area (Å²) in [5.74, 6) is 1.29. The van der Waals surface area contributed by atoms with E-state index in [0.717, 1.165) is 28.6 Å². The number of halogens is 1. The van der Waals surface area contributed by atoms with E-state index in [4.69, 9.17) is 11.6 Å². The molecule has 7 heteroatoms. The van der Waals surface area contributed by atoms with Crippen molar-refractivity contribution >= 4 is 40.3 Å². The van der Waals surface area contributed by atoms with Crippen LogP contribution in [0.1, 0.15) is 18.4 Å². The summed E-state index contributed by atoms with van der Waals surface area (Å²) < 4.78 is 1.84. The summed E-state index contributed by atoms with van der Waals surface area (Å²) in [6.07, 6.45) is 4.06. The van der Waals surface area contributed by atoms with Crippen molar-refractivity contribution < 1.29 is 4.79 Å². The summed E-state index contributed by atoms with van der Waals surface area (Å²) in [4.78, 5) is 18.3. The first kappa shape index (κ1) is 14.8. The van der Waals surface area contributed by atoms with Gasteiger partial charge in [0.2, 0.25) is 5.91 Å². The minimum atomic E-state index is 0.164. The maximum Gasteiger partial charge on any atom is 0.239 e. The third-order valence-electron chi connectivity index (χ3n) is 3.81. The second-order valence-electron chi connectivity index (χ2n) is 5.68. The van der Waals surface area contributed by atoms with Gasteiger partial charge in [0, 0.05) is 23.3 Å². The lowest BCUT2D eigenvalue weighted by atomic mass is 10.2. The highest BCUT2D eigenvalue weighted by molar-refractivity contribution is 8.15. The number of carbonyl (C=O) groups is 1. The summed E-state index contributed by atoms with van der Waals surface area (Å²) in [5, 5.41) is 5.99. The number of aliphatic imine (C=N–C) groups is 1. The van der Waals surface area contributed by atoms with E-state index in [1.165, 1.54) is 11.8 Å². The molecule has 1 aromatic carbocycles. The van der Waals surface area contributed by atoms with Crippen molar-refractivity contribution in [1.29, 1.82) is 0 Å². The van der Waals surface area contributed by atoms with Crippen LogP contribution in [0.4, 0.5) is 5.82 Å². The van der Waals surface area contributed by atoms with Crippen LogP contribution in [0.2, 0.25) is 5.02 Å². The SMILES string of the molecule is O=C1CSC(=Nc2ccn(Cc3ccc(Cl)cc3)n2)N1C1CC1. The zero-order valence-corrected chi connectivity index (χ0v) is 13.9. The molecule has 0 radical (unpaired) electrons. The van der Waals surface area contributed by atoms with Crippen LogP contribution in [-0.2, 0) is 11.3 Å². The molecule has 23 heavy (non-hydrogen) atoms. The summed E-state index contributed by atoms with van der Waals surface area (Å²) in [6.45, 7) is 0.667.